The average molecular weight is 363 g/mol. The minimum absolute atomic E-state index is 0.390. The van der Waals surface area contributed by atoms with Gasteiger partial charge >= 0.3 is 0 Å². The second kappa shape index (κ2) is 5.21. The quantitative estimate of drug-likeness (QED) is 0.497. The van der Waals surface area contributed by atoms with E-state index < -0.39 is 0 Å². The molecule has 0 aliphatic heterocycles. The van der Waals surface area contributed by atoms with Crippen LogP contribution < -0.4 is 0 Å². The maximum Gasteiger partial charge on any atom is 0.0437 e. The topological polar surface area (TPSA) is 0 Å². The third-order valence-corrected chi connectivity index (χ3v) is 6.48. The molecule has 2 aromatic carbocycles. The fourth-order valence-corrected chi connectivity index (χ4v) is 5.28. The predicted molar refractivity (Wildman–Crippen MR) is 102 cm³/mol. The van der Waals surface area contributed by atoms with Crippen LogP contribution in [0.25, 0.3) is 16.8 Å². The molecular formula is C22H19Br. The summed E-state index contributed by atoms with van der Waals surface area (Å²) >= 11 is 3.86. The molecule has 0 nitrogen and oxygen atoms in total. The third-order valence-electron chi connectivity index (χ3n) is 5.65. The van der Waals surface area contributed by atoms with Crippen molar-refractivity contribution < 1.29 is 0 Å². The van der Waals surface area contributed by atoms with Crippen molar-refractivity contribution in [1.82, 2.24) is 0 Å². The molecule has 1 heteroatoms. The van der Waals surface area contributed by atoms with Crippen molar-refractivity contribution in [2.45, 2.75) is 36.4 Å². The molecule has 0 saturated heterocycles. The second-order valence-corrected chi connectivity index (χ2v) is 7.94. The summed E-state index contributed by atoms with van der Waals surface area (Å²) in [5.41, 5.74) is 7.48. The molecule has 0 bridgehead atoms. The normalized spacial score (nSPS) is 24.8. The van der Waals surface area contributed by atoms with Gasteiger partial charge in [0.05, 0.1) is 0 Å². The van der Waals surface area contributed by atoms with Crippen LogP contribution in [0.1, 0.15) is 41.0 Å². The van der Waals surface area contributed by atoms with Crippen molar-refractivity contribution in [2.75, 3.05) is 0 Å². The highest BCUT2D eigenvalue weighted by Gasteiger charge is 2.29. The third kappa shape index (κ3) is 2.03. The fourth-order valence-electron chi connectivity index (χ4n) is 4.52. The lowest BCUT2D eigenvalue weighted by Crippen LogP contribution is -2.18. The van der Waals surface area contributed by atoms with Crippen molar-refractivity contribution >= 4 is 32.8 Å². The maximum atomic E-state index is 3.86. The molecule has 5 rings (SSSR count). The SMILES string of the molecule is BrC1C=CC=C2C=Cc3c(ccc4c5c(ccc34)CCCC5)C21. The fraction of sp³-hybridized carbons (Fsp3) is 0.273. The Morgan fingerprint density at radius 2 is 1.78 bits per heavy atom. The van der Waals surface area contributed by atoms with Crippen molar-refractivity contribution in [2.24, 2.45) is 0 Å². The van der Waals surface area contributed by atoms with Gasteiger partial charge in [-0.2, -0.15) is 0 Å². The Kier molecular flexibility index (Phi) is 3.12. The molecule has 0 heterocycles. The Hall–Kier alpha value is -1.60. The smallest absolute Gasteiger partial charge is 0.0437 e. The van der Waals surface area contributed by atoms with Gasteiger partial charge in [0.1, 0.15) is 0 Å². The van der Waals surface area contributed by atoms with E-state index in [0.29, 0.717) is 10.7 Å². The lowest BCUT2D eigenvalue weighted by molar-refractivity contribution is 0.690. The number of allylic oxidation sites excluding steroid dienone is 5. The first-order chi connectivity index (χ1) is 11.3. The summed E-state index contributed by atoms with van der Waals surface area (Å²) in [4.78, 5) is 0.390. The van der Waals surface area contributed by atoms with E-state index in [0.717, 1.165) is 0 Å². The number of hydrogen-bond donors (Lipinski definition) is 0. The first-order valence-electron chi connectivity index (χ1n) is 8.61. The molecule has 0 radical (unpaired) electrons. The first kappa shape index (κ1) is 13.8. The number of rotatable bonds is 0. The Morgan fingerprint density at radius 3 is 2.74 bits per heavy atom. The number of benzene rings is 2. The zero-order chi connectivity index (χ0) is 15.4. The van der Waals surface area contributed by atoms with Gasteiger partial charge in [-0.05, 0) is 64.3 Å². The number of hydrogen-bond acceptors (Lipinski definition) is 0. The van der Waals surface area contributed by atoms with Crippen LogP contribution in [-0.2, 0) is 12.8 Å². The van der Waals surface area contributed by atoms with Gasteiger partial charge in [-0.15, -0.1) is 0 Å². The molecular weight excluding hydrogens is 344 g/mol. The van der Waals surface area contributed by atoms with Crippen LogP contribution in [0, 0.1) is 0 Å². The van der Waals surface area contributed by atoms with Crippen molar-refractivity contribution in [3.05, 3.63) is 76.4 Å². The minimum atomic E-state index is 0.390. The van der Waals surface area contributed by atoms with Gasteiger partial charge in [0.25, 0.3) is 0 Å². The van der Waals surface area contributed by atoms with E-state index in [1.165, 1.54) is 53.2 Å². The highest BCUT2D eigenvalue weighted by molar-refractivity contribution is 9.09. The Labute approximate surface area is 145 Å². The van der Waals surface area contributed by atoms with E-state index >= 15 is 0 Å². The van der Waals surface area contributed by atoms with Gasteiger partial charge in [0, 0.05) is 10.7 Å². The number of aryl methyl sites for hydroxylation is 2. The van der Waals surface area contributed by atoms with Crippen LogP contribution in [0.4, 0.5) is 0 Å². The van der Waals surface area contributed by atoms with Gasteiger partial charge in [0.15, 0.2) is 0 Å². The summed E-state index contributed by atoms with van der Waals surface area (Å²) < 4.78 is 0. The molecule has 2 aromatic rings. The second-order valence-electron chi connectivity index (χ2n) is 6.88. The number of alkyl halides is 1. The number of halogens is 1. The monoisotopic (exact) mass is 362 g/mol. The Bertz CT molecular complexity index is 898. The zero-order valence-electron chi connectivity index (χ0n) is 13.1. The summed E-state index contributed by atoms with van der Waals surface area (Å²) in [7, 11) is 0. The molecule has 0 amide bonds. The lowest BCUT2D eigenvalue weighted by Gasteiger charge is -2.30. The van der Waals surface area contributed by atoms with Crippen molar-refractivity contribution in [3.63, 3.8) is 0 Å². The summed E-state index contributed by atoms with van der Waals surface area (Å²) in [5.74, 6) is 0.445. The standard InChI is InChI=1S/C22H19Br/c23-21-7-3-5-15-9-11-19-18-10-8-14-4-1-2-6-16(14)17(18)12-13-20(19)22(15)21/h3,5,7-13,21-22H,1-2,4,6H2. The largest absolute Gasteiger partial charge is 0.0835 e. The molecule has 23 heavy (non-hydrogen) atoms. The highest BCUT2D eigenvalue weighted by atomic mass is 79.9. The Balaban J connectivity index is 1.77. The maximum absolute atomic E-state index is 3.86. The molecule has 0 N–H and O–H groups in total. The molecule has 0 saturated carbocycles. The Morgan fingerprint density at radius 1 is 0.913 bits per heavy atom. The van der Waals surface area contributed by atoms with Gasteiger partial charge < -0.3 is 0 Å². The van der Waals surface area contributed by atoms with Crippen molar-refractivity contribution in [3.8, 4) is 0 Å². The van der Waals surface area contributed by atoms with E-state index in [2.05, 4.69) is 70.6 Å². The van der Waals surface area contributed by atoms with E-state index in [1.807, 2.05) is 0 Å². The zero-order valence-corrected chi connectivity index (χ0v) is 14.6. The van der Waals surface area contributed by atoms with Gasteiger partial charge in [0.2, 0.25) is 0 Å². The van der Waals surface area contributed by atoms with Crippen LogP contribution in [-0.4, -0.2) is 4.83 Å². The molecule has 2 atom stereocenters. The van der Waals surface area contributed by atoms with E-state index in [-0.39, 0.29) is 0 Å². The van der Waals surface area contributed by atoms with Gasteiger partial charge in [-0.3, -0.25) is 0 Å². The van der Waals surface area contributed by atoms with Crippen molar-refractivity contribution in [1.29, 1.82) is 0 Å². The van der Waals surface area contributed by atoms with Crippen LogP contribution in [0.2, 0.25) is 0 Å². The molecule has 2 unspecified atom stereocenters. The first-order valence-corrected chi connectivity index (χ1v) is 9.52. The molecule has 0 fully saturated rings. The lowest BCUT2D eigenvalue weighted by atomic mass is 9.76. The number of fused-ring (bicyclic) bond motifs is 7. The van der Waals surface area contributed by atoms with E-state index in [1.54, 1.807) is 11.1 Å². The molecule has 114 valence electrons. The van der Waals surface area contributed by atoms with E-state index in [4.69, 9.17) is 0 Å². The molecule has 3 aliphatic carbocycles. The van der Waals surface area contributed by atoms with Gasteiger partial charge in [-0.25, -0.2) is 0 Å². The summed E-state index contributed by atoms with van der Waals surface area (Å²) in [6.45, 7) is 0. The van der Waals surface area contributed by atoms with Crippen LogP contribution >= 0.6 is 15.9 Å². The molecule has 0 spiro atoms. The van der Waals surface area contributed by atoms with Crippen LogP contribution in [0.5, 0.6) is 0 Å². The average Bonchev–Trinajstić information content (AvgIpc) is 2.61. The highest BCUT2D eigenvalue weighted by Crippen LogP contribution is 2.44. The van der Waals surface area contributed by atoms with Crippen LogP contribution in [0.3, 0.4) is 0 Å². The van der Waals surface area contributed by atoms with Gasteiger partial charge in [-0.1, -0.05) is 70.6 Å². The van der Waals surface area contributed by atoms with E-state index in [9.17, 15) is 0 Å². The summed E-state index contributed by atoms with van der Waals surface area (Å²) in [6, 6.07) is 9.50. The summed E-state index contributed by atoms with van der Waals surface area (Å²) in [6.07, 6.45) is 16.5. The summed E-state index contributed by atoms with van der Waals surface area (Å²) in [5, 5.41) is 2.92. The molecule has 0 aromatic heterocycles. The van der Waals surface area contributed by atoms with Crippen LogP contribution in [0.15, 0.2) is 54.1 Å². The predicted octanol–water partition coefficient (Wildman–Crippen LogP) is 6.09. The molecule has 3 aliphatic rings. The minimum Gasteiger partial charge on any atom is -0.0835 e.